The fraction of sp³-hybridized carbons (Fsp3) is 0.318. The van der Waals surface area contributed by atoms with Crippen molar-refractivity contribution in [1.82, 2.24) is 15.2 Å². The van der Waals surface area contributed by atoms with Crippen molar-refractivity contribution in [2.24, 2.45) is 10.7 Å². The van der Waals surface area contributed by atoms with Gasteiger partial charge in [0.2, 0.25) is 5.91 Å². The molecule has 6 nitrogen and oxygen atoms in total. The molecule has 2 aliphatic rings. The molecule has 1 fully saturated rings. The normalized spacial score (nSPS) is 22.1. The number of amidine groups is 1. The van der Waals surface area contributed by atoms with Crippen LogP contribution in [-0.4, -0.2) is 54.4 Å². The topological polar surface area (TPSA) is 83.6 Å². The molecule has 1 aromatic carbocycles. The second-order valence-corrected chi connectivity index (χ2v) is 7.75. The SMILES string of the molecule is NC(=O)C1(c2ccc(Cl)c(-c3ccccn3)c2)C=CC(N2CCCNCC2)=NC1. The van der Waals surface area contributed by atoms with Gasteiger partial charge in [0.15, 0.2) is 0 Å². The Morgan fingerprint density at radius 1 is 1.21 bits per heavy atom. The lowest BCUT2D eigenvalue weighted by Crippen LogP contribution is -2.45. The molecule has 2 aliphatic heterocycles. The van der Waals surface area contributed by atoms with Gasteiger partial charge in [-0.05, 0) is 48.9 Å². The zero-order valence-corrected chi connectivity index (χ0v) is 16.9. The number of nitrogens with two attached hydrogens (primary N) is 1. The molecule has 4 rings (SSSR count). The predicted molar refractivity (Wildman–Crippen MR) is 116 cm³/mol. The fourth-order valence-electron chi connectivity index (χ4n) is 3.82. The first-order valence-corrected chi connectivity index (χ1v) is 10.2. The maximum absolute atomic E-state index is 12.6. The van der Waals surface area contributed by atoms with E-state index in [-0.39, 0.29) is 6.54 Å². The molecule has 3 heterocycles. The maximum Gasteiger partial charge on any atom is 0.233 e. The molecule has 0 bridgehead atoms. The second-order valence-electron chi connectivity index (χ2n) is 7.34. The average Bonchev–Trinajstić information content (AvgIpc) is 3.04. The molecular weight excluding hydrogens is 386 g/mol. The Bertz CT molecular complexity index is 951. The standard InChI is InChI=1S/C22H24ClN5O/c23-18-6-5-16(14-17(18)19-4-1-2-10-26-19)22(21(24)29)8-7-20(27-15-22)28-12-3-9-25-11-13-28/h1-2,4-8,10,14,25H,3,9,11-13,15H2,(H2,24,29). The highest BCUT2D eigenvalue weighted by atomic mass is 35.5. The number of nitrogens with zero attached hydrogens (tertiary/aromatic N) is 3. The summed E-state index contributed by atoms with van der Waals surface area (Å²) in [4.78, 5) is 24.0. The van der Waals surface area contributed by atoms with Crippen LogP contribution in [0.2, 0.25) is 5.02 Å². The molecule has 150 valence electrons. The molecule has 1 saturated heterocycles. The number of pyridine rings is 1. The number of carbonyl (C=O) groups is 1. The van der Waals surface area contributed by atoms with E-state index in [9.17, 15) is 4.79 Å². The van der Waals surface area contributed by atoms with Crippen molar-refractivity contribution >= 4 is 23.3 Å². The summed E-state index contributed by atoms with van der Waals surface area (Å²) >= 11 is 6.42. The van der Waals surface area contributed by atoms with E-state index in [1.165, 1.54) is 0 Å². The van der Waals surface area contributed by atoms with Gasteiger partial charge >= 0.3 is 0 Å². The number of dihydropyridines is 1. The third-order valence-corrected chi connectivity index (χ3v) is 5.86. The van der Waals surface area contributed by atoms with Crippen LogP contribution in [0.3, 0.4) is 0 Å². The van der Waals surface area contributed by atoms with Crippen LogP contribution in [0.4, 0.5) is 0 Å². The molecule has 0 radical (unpaired) electrons. The van der Waals surface area contributed by atoms with Gasteiger partial charge in [-0.2, -0.15) is 0 Å². The molecule has 2 aromatic rings. The van der Waals surface area contributed by atoms with E-state index in [4.69, 9.17) is 22.3 Å². The third kappa shape index (κ3) is 3.91. The van der Waals surface area contributed by atoms with Crippen LogP contribution in [-0.2, 0) is 10.2 Å². The largest absolute Gasteiger partial charge is 0.369 e. The smallest absolute Gasteiger partial charge is 0.233 e. The van der Waals surface area contributed by atoms with Crippen molar-refractivity contribution in [3.05, 3.63) is 65.3 Å². The molecule has 0 aliphatic carbocycles. The molecule has 3 N–H and O–H groups in total. The zero-order valence-electron chi connectivity index (χ0n) is 16.1. The number of amides is 1. The predicted octanol–water partition coefficient (Wildman–Crippen LogP) is 2.39. The fourth-order valence-corrected chi connectivity index (χ4v) is 4.03. The number of nitrogens with one attached hydrogen (secondary N) is 1. The van der Waals surface area contributed by atoms with Crippen molar-refractivity contribution in [2.75, 3.05) is 32.7 Å². The Morgan fingerprint density at radius 2 is 2.10 bits per heavy atom. The Balaban J connectivity index is 1.67. The number of halogens is 1. The highest BCUT2D eigenvalue weighted by Gasteiger charge is 2.38. The van der Waals surface area contributed by atoms with Crippen molar-refractivity contribution in [2.45, 2.75) is 11.8 Å². The molecule has 1 amide bonds. The van der Waals surface area contributed by atoms with Gasteiger partial charge in [-0.15, -0.1) is 0 Å². The van der Waals surface area contributed by atoms with Crippen LogP contribution in [0.15, 0.2) is 59.7 Å². The summed E-state index contributed by atoms with van der Waals surface area (Å²) in [5.74, 6) is 0.480. The Labute approximate surface area is 175 Å². The zero-order chi connectivity index (χ0) is 20.3. The summed E-state index contributed by atoms with van der Waals surface area (Å²) in [6.07, 6.45) is 6.60. The van der Waals surface area contributed by atoms with E-state index < -0.39 is 11.3 Å². The van der Waals surface area contributed by atoms with E-state index in [2.05, 4.69) is 15.2 Å². The van der Waals surface area contributed by atoms with Gasteiger partial charge < -0.3 is 16.0 Å². The number of rotatable bonds is 3. The lowest BCUT2D eigenvalue weighted by molar-refractivity contribution is -0.121. The minimum Gasteiger partial charge on any atom is -0.369 e. The number of primary amides is 1. The van der Waals surface area contributed by atoms with E-state index >= 15 is 0 Å². The number of benzene rings is 1. The molecule has 1 aromatic heterocycles. The van der Waals surface area contributed by atoms with Crippen LogP contribution in [0, 0.1) is 0 Å². The van der Waals surface area contributed by atoms with Crippen molar-refractivity contribution in [1.29, 1.82) is 0 Å². The first-order valence-electron chi connectivity index (χ1n) is 9.81. The molecule has 1 unspecified atom stereocenters. The maximum atomic E-state index is 12.6. The number of hydrogen-bond donors (Lipinski definition) is 2. The summed E-state index contributed by atoms with van der Waals surface area (Å²) in [5, 5.41) is 3.97. The van der Waals surface area contributed by atoms with Crippen LogP contribution >= 0.6 is 11.6 Å². The number of carbonyl (C=O) groups excluding carboxylic acids is 1. The lowest BCUT2D eigenvalue weighted by atomic mass is 9.77. The monoisotopic (exact) mass is 409 g/mol. The summed E-state index contributed by atoms with van der Waals surface area (Å²) in [6.45, 7) is 4.07. The first-order chi connectivity index (χ1) is 14.1. The molecule has 7 heteroatoms. The summed E-state index contributed by atoms with van der Waals surface area (Å²) < 4.78 is 0. The summed E-state index contributed by atoms with van der Waals surface area (Å²) in [6, 6.07) is 11.2. The number of aromatic nitrogens is 1. The van der Waals surface area contributed by atoms with Gasteiger partial charge in [-0.25, -0.2) is 0 Å². The van der Waals surface area contributed by atoms with Crippen LogP contribution in [0.25, 0.3) is 11.3 Å². The molecule has 29 heavy (non-hydrogen) atoms. The average molecular weight is 410 g/mol. The highest BCUT2D eigenvalue weighted by Crippen LogP contribution is 2.35. The van der Waals surface area contributed by atoms with E-state index in [1.807, 2.05) is 42.5 Å². The van der Waals surface area contributed by atoms with Gasteiger partial charge in [-0.1, -0.05) is 29.8 Å². The van der Waals surface area contributed by atoms with Crippen LogP contribution in [0.5, 0.6) is 0 Å². The number of aliphatic imine (C=N–C) groups is 1. The van der Waals surface area contributed by atoms with Gasteiger partial charge in [0.05, 0.1) is 12.2 Å². The Morgan fingerprint density at radius 3 is 2.83 bits per heavy atom. The van der Waals surface area contributed by atoms with E-state index in [0.717, 1.165) is 55.3 Å². The molecule has 0 saturated carbocycles. The van der Waals surface area contributed by atoms with Gasteiger partial charge in [0.1, 0.15) is 11.3 Å². The van der Waals surface area contributed by atoms with Crippen molar-refractivity contribution in [3.8, 4) is 11.3 Å². The second kappa shape index (κ2) is 8.35. The van der Waals surface area contributed by atoms with Crippen molar-refractivity contribution < 1.29 is 4.79 Å². The highest BCUT2D eigenvalue weighted by molar-refractivity contribution is 6.33. The minimum atomic E-state index is -0.998. The van der Waals surface area contributed by atoms with Crippen LogP contribution in [0.1, 0.15) is 12.0 Å². The Kier molecular flexibility index (Phi) is 5.65. The van der Waals surface area contributed by atoms with Gasteiger partial charge in [-0.3, -0.25) is 14.8 Å². The quantitative estimate of drug-likeness (QED) is 0.815. The Hall–Kier alpha value is -2.70. The summed E-state index contributed by atoms with van der Waals surface area (Å²) in [7, 11) is 0. The van der Waals surface area contributed by atoms with Crippen molar-refractivity contribution in [3.63, 3.8) is 0 Å². The van der Waals surface area contributed by atoms with E-state index in [1.54, 1.807) is 12.3 Å². The lowest BCUT2D eigenvalue weighted by Gasteiger charge is -2.32. The molecule has 0 spiro atoms. The minimum absolute atomic E-state index is 0.279. The van der Waals surface area contributed by atoms with Gasteiger partial charge in [0.25, 0.3) is 0 Å². The summed E-state index contributed by atoms with van der Waals surface area (Å²) in [5.41, 5.74) is 7.17. The number of hydrogen-bond acceptors (Lipinski definition) is 5. The van der Waals surface area contributed by atoms with Crippen LogP contribution < -0.4 is 11.1 Å². The van der Waals surface area contributed by atoms with Gasteiger partial charge in [0, 0.05) is 36.4 Å². The third-order valence-electron chi connectivity index (χ3n) is 5.53. The first kappa shape index (κ1) is 19.6. The molecule has 1 atom stereocenters. The van der Waals surface area contributed by atoms with E-state index in [0.29, 0.717) is 5.02 Å². The molecular formula is C22H24ClN5O.